The molecular formula is C21H13BrN6O5. The highest BCUT2D eigenvalue weighted by Crippen LogP contribution is 2.30. The minimum absolute atomic E-state index is 0.142. The molecule has 0 N–H and O–H groups in total. The van der Waals surface area contributed by atoms with Crippen molar-refractivity contribution in [1.29, 1.82) is 0 Å². The number of hydrogen-bond donors (Lipinski definition) is 0. The number of rotatable bonds is 7. The van der Waals surface area contributed by atoms with Crippen LogP contribution in [0, 0.1) is 10.1 Å². The zero-order valence-corrected chi connectivity index (χ0v) is 18.2. The summed E-state index contributed by atoms with van der Waals surface area (Å²) in [4.78, 5) is 19.2. The molecule has 0 saturated carbocycles. The molecule has 0 aliphatic heterocycles. The molecule has 0 fully saturated rings. The number of nitrogens with zero attached hydrogens (tertiary/aromatic N) is 6. The number of aromatic nitrogens is 5. The normalized spacial score (nSPS) is 10.9. The lowest BCUT2D eigenvalue weighted by molar-refractivity contribution is -0.384. The zero-order chi connectivity index (χ0) is 22.8. The summed E-state index contributed by atoms with van der Waals surface area (Å²) in [7, 11) is 0. The summed E-state index contributed by atoms with van der Waals surface area (Å²) < 4.78 is 19.0. The van der Waals surface area contributed by atoms with Crippen LogP contribution >= 0.6 is 15.9 Å². The van der Waals surface area contributed by atoms with Crippen LogP contribution in [0.2, 0.25) is 0 Å². The fourth-order valence-corrected chi connectivity index (χ4v) is 3.30. The van der Waals surface area contributed by atoms with Crippen LogP contribution in [0.25, 0.3) is 28.7 Å². The lowest BCUT2D eigenvalue weighted by Gasteiger charge is -2.03. The predicted octanol–water partition coefficient (Wildman–Crippen LogP) is 4.83. The van der Waals surface area contributed by atoms with Crippen LogP contribution in [-0.2, 0) is 6.61 Å². The minimum Gasteiger partial charge on any atom is -0.486 e. The van der Waals surface area contributed by atoms with E-state index in [1.807, 2.05) is 24.3 Å². The Morgan fingerprint density at radius 2 is 1.97 bits per heavy atom. The molecule has 3 heterocycles. The van der Waals surface area contributed by atoms with Gasteiger partial charge in [-0.2, -0.15) is 10.1 Å². The van der Waals surface area contributed by atoms with Crippen LogP contribution in [0.1, 0.15) is 5.76 Å². The molecule has 0 saturated heterocycles. The van der Waals surface area contributed by atoms with Gasteiger partial charge in [0.1, 0.15) is 36.5 Å². The maximum Gasteiger partial charge on any atom is 0.295 e. The topological polar surface area (TPSA) is 135 Å². The van der Waals surface area contributed by atoms with Crippen molar-refractivity contribution in [3.05, 3.63) is 87.6 Å². The first-order chi connectivity index (χ1) is 16.1. The van der Waals surface area contributed by atoms with Crippen LogP contribution in [0.5, 0.6) is 5.75 Å². The molecule has 0 amide bonds. The van der Waals surface area contributed by atoms with E-state index >= 15 is 0 Å². The van der Waals surface area contributed by atoms with E-state index in [4.69, 9.17) is 13.7 Å². The Morgan fingerprint density at radius 1 is 1.12 bits per heavy atom. The molecule has 0 aliphatic carbocycles. The molecule has 33 heavy (non-hydrogen) atoms. The predicted molar refractivity (Wildman–Crippen MR) is 117 cm³/mol. The molecule has 164 valence electrons. The lowest BCUT2D eigenvalue weighted by atomic mass is 10.1. The summed E-state index contributed by atoms with van der Waals surface area (Å²) >= 11 is 3.38. The van der Waals surface area contributed by atoms with Crippen molar-refractivity contribution >= 4 is 21.6 Å². The van der Waals surface area contributed by atoms with Gasteiger partial charge in [-0.05, 0) is 48.5 Å². The van der Waals surface area contributed by atoms with Gasteiger partial charge in [-0.1, -0.05) is 21.1 Å². The fourth-order valence-electron chi connectivity index (χ4n) is 3.03. The lowest BCUT2D eigenvalue weighted by Crippen LogP contribution is -2.01. The van der Waals surface area contributed by atoms with Gasteiger partial charge in [-0.3, -0.25) is 10.1 Å². The molecular weight excluding hydrogens is 496 g/mol. The molecule has 0 aliphatic rings. The highest BCUT2D eigenvalue weighted by molar-refractivity contribution is 9.10. The maximum atomic E-state index is 11.6. The van der Waals surface area contributed by atoms with Crippen molar-refractivity contribution < 1.29 is 18.6 Å². The number of nitro benzene ring substituents is 1. The van der Waals surface area contributed by atoms with Crippen molar-refractivity contribution in [3.8, 4) is 34.5 Å². The van der Waals surface area contributed by atoms with Gasteiger partial charge in [0.05, 0.1) is 4.92 Å². The summed E-state index contributed by atoms with van der Waals surface area (Å²) in [6.07, 6.45) is 2.67. The van der Waals surface area contributed by atoms with Crippen LogP contribution in [0.4, 0.5) is 5.69 Å². The van der Waals surface area contributed by atoms with E-state index < -0.39 is 4.92 Å². The smallest absolute Gasteiger partial charge is 0.295 e. The van der Waals surface area contributed by atoms with Gasteiger partial charge in [-0.15, -0.1) is 0 Å². The zero-order valence-electron chi connectivity index (χ0n) is 16.7. The van der Waals surface area contributed by atoms with Crippen LogP contribution < -0.4 is 4.74 Å². The molecule has 12 heteroatoms. The molecule has 0 bridgehead atoms. The maximum absolute atomic E-state index is 11.6. The van der Waals surface area contributed by atoms with Gasteiger partial charge < -0.3 is 13.7 Å². The minimum atomic E-state index is -0.508. The molecule has 5 aromatic rings. The SMILES string of the molecule is O=[N+]([O-])c1cc(-c2noc(-c3ccc(COc4ccc(Br)cc4)o3)n2)ccc1-n1cncn1. The summed E-state index contributed by atoms with van der Waals surface area (Å²) in [5.74, 6) is 1.95. The Hall–Kier alpha value is -4.32. The average Bonchev–Trinajstić information content (AvgIpc) is 3.60. The fraction of sp³-hybridized carbons (Fsp3) is 0.0476. The molecule has 0 spiro atoms. The van der Waals surface area contributed by atoms with Crippen molar-refractivity contribution in [2.45, 2.75) is 6.61 Å². The third kappa shape index (κ3) is 4.36. The Labute approximate surface area is 193 Å². The van der Waals surface area contributed by atoms with Crippen LogP contribution in [0.15, 0.2) is 80.7 Å². The van der Waals surface area contributed by atoms with Gasteiger partial charge in [0.15, 0.2) is 5.76 Å². The first-order valence-electron chi connectivity index (χ1n) is 9.52. The summed E-state index contributed by atoms with van der Waals surface area (Å²) in [5, 5.41) is 19.4. The van der Waals surface area contributed by atoms with E-state index in [2.05, 4.69) is 36.2 Å². The van der Waals surface area contributed by atoms with E-state index in [1.54, 1.807) is 24.3 Å². The number of hydrogen-bond acceptors (Lipinski definition) is 9. The molecule has 0 radical (unpaired) electrons. The number of halogens is 1. The Kier molecular flexibility index (Phi) is 5.40. The monoisotopic (exact) mass is 508 g/mol. The average molecular weight is 509 g/mol. The standard InChI is InChI=1S/C21H13BrN6O5/c22-14-2-4-15(5-3-14)31-10-16-6-8-19(32-16)21-25-20(26-33-21)13-1-7-17(18(9-13)28(29)30)27-12-23-11-24-27/h1-9,11-12H,10H2. The molecule has 3 aromatic heterocycles. The van der Waals surface area contributed by atoms with Gasteiger partial charge >= 0.3 is 0 Å². The Bertz CT molecular complexity index is 1410. The molecule has 11 nitrogen and oxygen atoms in total. The van der Waals surface area contributed by atoms with Crippen molar-refractivity contribution in [3.63, 3.8) is 0 Å². The second kappa shape index (κ2) is 8.67. The van der Waals surface area contributed by atoms with Crippen molar-refractivity contribution in [1.82, 2.24) is 24.9 Å². The van der Waals surface area contributed by atoms with Crippen molar-refractivity contribution in [2.75, 3.05) is 0 Å². The number of nitro groups is 1. The molecule has 0 atom stereocenters. The first-order valence-corrected chi connectivity index (χ1v) is 10.3. The van der Waals surface area contributed by atoms with E-state index in [-0.39, 0.29) is 29.7 Å². The van der Waals surface area contributed by atoms with Gasteiger partial charge in [0.2, 0.25) is 5.82 Å². The van der Waals surface area contributed by atoms with Crippen LogP contribution in [-0.4, -0.2) is 29.8 Å². The van der Waals surface area contributed by atoms with Gasteiger partial charge in [0, 0.05) is 16.1 Å². The Morgan fingerprint density at radius 3 is 2.73 bits per heavy atom. The van der Waals surface area contributed by atoms with E-state index in [0.717, 1.165) is 4.47 Å². The summed E-state index contributed by atoms with van der Waals surface area (Å²) in [6.45, 7) is 0.221. The number of benzene rings is 2. The molecule has 5 rings (SSSR count). The van der Waals surface area contributed by atoms with Crippen molar-refractivity contribution in [2.24, 2.45) is 0 Å². The van der Waals surface area contributed by atoms with E-state index in [1.165, 1.54) is 23.4 Å². The highest BCUT2D eigenvalue weighted by atomic mass is 79.9. The first kappa shape index (κ1) is 20.6. The van der Waals surface area contributed by atoms with E-state index in [9.17, 15) is 10.1 Å². The third-order valence-corrected chi connectivity index (χ3v) is 5.12. The van der Waals surface area contributed by atoms with E-state index in [0.29, 0.717) is 22.8 Å². The second-order valence-electron chi connectivity index (χ2n) is 6.73. The number of furan rings is 1. The largest absolute Gasteiger partial charge is 0.486 e. The second-order valence-corrected chi connectivity index (χ2v) is 7.65. The van der Waals surface area contributed by atoms with Gasteiger partial charge in [0.25, 0.3) is 11.6 Å². The number of ether oxygens (including phenoxy) is 1. The Balaban J connectivity index is 1.35. The highest BCUT2D eigenvalue weighted by Gasteiger charge is 2.20. The van der Waals surface area contributed by atoms with Gasteiger partial charge in [-0.25, -0.2) is 9.67 Å². The third-order valence-electron chi connectivity index (χ3n) is 4.59. The molecule has 0 unspecified atom stereocenters. The quantitative estimate of drug-likeness (QED) is 0.223. The summed E-state index contributed by atoms with van der Waals surface area (Å²) in [5.41, 5.74) is 0.507. The van der Waals surface area contributed by atoms with Crippen LogP contribution in [0.3, 0.4) is 0 Å². The molecule has 2 aromatic carbocycles. The summed E-state index contributed by atoms with van der Waals surface area (Å²) in [6, 6.07) is 15.4.